The van der Waals surface area contributed by atoms with Crippen LogP contribution in [-0.2, 0) is 45.0 Å². The highest BCUT2D eigenvalue weighted by Gasteiger charge is 2.71. The van der Waals surface area contributed by atoms with Crippen LogP contribution in [0.2, 0.25) is 0 Å². The number of hydrogen-bond acceptors (Lipinski definition) is 4. The van der Waals surface area contributed by atoms with Crippen molar-refractivity contribution in [3.05, 3.63) is 106 Å². The van der Waals surface area contributed by atoms with Crippen molar-refractivity contribution in [2.45, 2.75) is 79.7 Å². The van der Waals surface area contributed by atoms with Crippen molar-refractivity contribution >= 4 is 12.2 Å². The third-order valence-corrected chi connectivity index (χ3v) is 13.2. The van der Waals surface area contributed by atoms with Gasteiger partial charge in [-0.1, -0.05) is 73.2 Å². The van der Waals surface area contributed by atoms with E-state index in [0.29, 0.717) is 12.5 Å². The van der Waals surface area contributed by atoms with Crippen molar-refractivity contribution in [3.63, 3.8) is 0 Å². The molecular formula is C38H40N2O4. The molecular weight excluding hydrogens is 548 g/mol. The molecule has 9 rings (SSSR count). The molecule has 44 heavy (non-hydrogen) atoms. The number of likely N-dealkylation sites (tertiary alicyclic amines) is 2. The summed E-state index contributed by atoms with van der Waals surface area (Å²) in [5.41, 5.74) is 9.43. The summed E-state index contributed by atoms with van der Waals surface area (Å²) >= 11 is 0. The standard InChI is InChI=1S/C38H40N2O4/c1-43-34(41)39-19-17-36(28-12-5-3-10-25(28)22-32(36)39)30-14-7-15-31-27(30)23-33-38(31,18-20-40(33)35(42)44-2)37-16-8-11-26(37)21-24-9-4-6-13-29(24)37/h3-7,9-10,12-15,26,32-33H,8,11,16-23H2,1-2H3/t26-,32-,33+,36+,37+,38+/m0/s1. The lowest BCUT2D eigenvalue weighted by Crippen LogP contribution is -2.55. The van der Waals surface area contributed by atoms with E-state index in [1.54, 1.807) is 0 Å². The largest absolute Gasteiger partial charge is 0.453 e. The molecule has 0 aromatic heterocycles. The summed E-state index contributed by atoms with van der Waals surface area (Å²) in [5.74, 6) is 0.578. The molecule has 6 heteroatoms. The Balaban J connectivity index is 1.30. The fourth-order valence-electron chi connectivity index (χ4n) is 12.0. The van der Waals surface area contributed by atoms with Gasteiger partial charge in [-0.3, -0.25) is 0 Å². The number of carbonyl (C=O) groups excluding carboxylic acids is 2. The van der Waals surface area contributed by atoms with Crippen molar-refractivity contribution in [1.82, 2.24) is 9.80 Å². The summed E-state index contributed by atoms with van der Waals surface area (Å²) in [6.45, 7) is 1.40. The number of hydrogen-bond donors (Lipinski definition) is 0. The minimum atomic E-state index is -0.299. The number of benzene rings is 3. The number of rotatable bonds is 2. The van der Waals surface area contributed by atoms with E-state index in [1.165, 1.54) is 66.0 Å². The Hall–Kier alpha value is -3.80. The minimum absolute atomic E-state index is 0.000710. The first-order chi connectivity index (χ1) is 21.5. The van der Waals surface area contributed by atoms with Crippen molar-refractivity contribution < 1.29 is 19.1 Å². The van der Waals surface area contributed by atoms with Gasteiger partial charge in [0.15, 0.2) is 0 Å². The number of methoxy groups -OCH3 is 2. The van der Waals surface area contributed by atoms with Crippen molar-refractivity contribution in [1.29, 1.82) is 0 Å². The fourth-order valence-corrected chi connectivity index (χ4v) is 12.0. The molecule has 6 atom stereocenters. The molecule has 0 N–H and O–H groups in total. The molecule has 2 heterocycles. The molecule has 0 unspecified atom stereocenters. The Morgan fingerprint density at radius 3 is 2.07 bits per heavy atom. The lowest BCUT2D eigenvalue weighted by atomic mass is 9.53. The van der Waals surface area contributed by atoms with Gasteiger partial charge in [0.2, 0.25) is 0 Å². The van der Waals surface area contributed by atoms with E-state index in [-0.39, 0.29) is 40.5 Å². The molecule has 226 valence electrons. The van der Waals surface area contributed by atoms with Crippen molar-refractivity contribution in [2.75, 3.05) is 27.3 Å². The molecule has 3 fully saturated rings. The van der Waals surface area contributed by atoms with Crippen LogP contribution in [0.5, 0.6) is 0 Å². The van der Waals surface area contributed by atoms with E-state index in [9.17, 15) is 9.59 Å². The molecule has 0 radical (unpaired) electrons. The second kappa shape index (κ2) is 9.12. The van der Waals surface area contributed by atoms with Gasteiger partial charge in [-0.2, -0.15) is 0 Å². The average molecular weight is 589 g/mol. The monoisotopic (exact) mass is 588 g/mol. The molecule has 4 aliphatic carbocycles. The fraction of sp³-hybridized carbons (Fsp3) is 0.474. The van der Waals surface area contributed by atoms with Crippen LogP contribution < -0.4 is 0 Å². The van der Waals surface area contributed by atoms with E-state index in [4.69, 9.17) is 9.47 Å². The second-order valence-corrected chi connectivity index (χ2v) is 14.1. The van der Waals surface area contributed by atoms with Gasteiger partial charge in [0, 0.05) is 35.4 Å². The topological polar surface area (TPSA) is 59.1 Å². The predicted octanol–water partition coefficient (Wildman–Crippen LogP) is 6.30. The van der Waals surface area contributed by atoms with Gasteiger partial charge in [-0.15, -0.1) is 0 Å². The Morgan fingerprint density at radius 1 is 0.659 bits per heavy atom. The molecule has 6 nitrogen and oxygen atoms in total. The molecule has 1 saturated carbocycles. The third-order valence-electron chi connectivity index (χ3n) is 13.2. The van der Waals surface area contributed by atoms with Gasteiger partial charge in [0.1, 0.15) is 0 Å². The summed E-state index contributed by atoms with van der Waals surface area (Å²) in [5, 5.41) is 0. The summed E-state index contributed by atoms with van der Waals surface area (Å²) in [4.78, 5) is 30.7. The normalized spacial score (nSPS) is 33.8. The molecule has 0 spiro atoms. The maximum absolute atomic E-state index is 13.5. The highest BCUT2D eigenvalue weighted by atomic mass is 16.5. The average Bonchev–Trinajstić information content (AvgIpc) is 3.87. The highest BCUT2D eigenvalue weighted by molar-refractivity contribution is 5.73. The van der Waals surface area contributed by atoms with E-state index >= 15 is 0 Å². The molecule has 0 bridgehead atoms. The van der Waals surface area contributed by atoms with Crippen LogP contribution >= 0.6 is 0 Å². The van der Waals surface area contributed by atoms with E-state index in [1.807, 2.05) is 4.90 Å². The van der Waals surface area contributed by atoms with E-state index in [0.717, 1.165) is 45.1 Å². The SMILES string of the molecule is COC(=O)N1CC[C@]2(c3cccc4c3C[C@H]3N(C(=O)OC)CC[C@@]43[C@]34CCC[C@H]3Cc3ccccc34)c3ccccc3C[C@H]12. The van der Waals surface area contributed by atoms with Crippen LogP contribution in [0.25, 0.3) is 0 Å². The first-order valence-corrected chi connectivity index (χ1v) is 16.5. The van der Waals surface area contributed by atoms with Crippen LogP contribution in [0.3, 0.4) is 0 Å². The van der Waals surface area contributed by atoms with Crippen LogP contribution in [0.1, 0.15) is 71.0 Å². The summed E-state index contributed by atoms with van der Waals surface area (Å²) in [6.07, 6.45) is 7.80. The molecule has 3 aromatic rings. The maximum atomic E-state index is 13.5. The lowest BCUT2D eigenvalue weighted by Gasteiger charge is -2.50. The summed E-state index contributed by atoms with van der Waals surface area (Å²) in [7, 11) is 3.02. The first kappa shape index (κ1) is 26.6. The number of amides is 2. The maximum Gasteiger partial charge on any atom is 0.409 e. The Morgan fingerprint density at radius 2 is 1.30 bits per heavy atom. The number of carbonyl (C=O) groups is 2. The molecule has 2 aliphatic heterocycles. The van der Waals surface area contributed by atoms with Crippen LogP contribution in [-0.4, -0.2) is 61.4 Å². The number of nitrogens with zero attached hydrogens (tertiary/aromatic N) is 2. The zero-order chi connectivity index (χ0) is 29.8. The van der Waals surface area contributed by atoms with E-state index in [2.05, 4.69) is 71.6 Å². The van der Waals surface area contributed by atoms with Gasteiger partial charge in [-0.25, -0.2) is 9.59 Å². The van der Waals surface area contributed by atoms with Gasteiger partial charge in [-0.05, 0) is 89.8 Å². The zero-order valence-corrected chi connectivity index (χ0v) is 25.7. The van der Waals surface area contributed by atoms with Gasteiger partial charge in [0.05, 0.1) is 20.3 Å². The minimum Gasteiger partial charge on any atom is -0.453 e. The second-order valence-electron chi connectivity index (χ2n) is 14.1. The van der Waals surface area contributed by atoms with E-state index < -0.39 is 0 Å². The summed E-state index contributed by atoms with van der Waals surface area (Å²) in [6, 6.07) is 25.1. The summed E-state index contributed by atoms with van der Waals surface area (Å²) < 4.78 is 10.8. The van der Waals surface area contributed by atoms with Crippen molar-refractivity contribution in [2.24, 2.45) is 5.92 Å². The smallest absolute Gasteiger partial charge is 0.409 e. The van der Waals surface area contributed by atoms with Crippen LogP contribution in [0.15, 0.2) is 66.7 Å². The Labute approximate surface area is 259 Å². The highest BCUT2D eigenvalue weighted by Crippen LogP contribution is 2.70. The first-order valence-electron chi connectivity index (χ1n) is 16.5. The van der Waals surface area contributed by atoms with Gasteiger partial charge in [0.25, 0.3) is 0 Å². The van der Waals surface area contributed by atoms with Crippen LogP contribution in [0, 0.1) is 5.92 Å². The Bertz CT molecular complexity index is 1720. The van der Waals surface area contributed by atoms with Crippen LogP contribution in [0.4, 0.5) is 9.59 Å². The van der Waals surface area contributed by atoms with Crippen molar-refractivity contribution in [3.8, 4) is 0 Å². The number of fused-ring (bicyclic) bond motifs is 10. The third kappa shape index (κ3) is 2.94. The molecule has 2 amide bonds. The number of ether oxygens (including phenoxy) is 2. The molecule has 2 saturated heterocycles. The van der Waals surface area contributed by atoms with Gasteiger partial charge >= 0.3 is 12.2 Å². The van der Waals surface area contributed by atoms with Gasteiger partial charge < -0.3 is 19.3 Å². The lowest BCUT2D eigenvalue weighted by molar-refractivity contribution is 0.0923. The zero-order valence-electron chi connectivity index (χ0n) is 25.7. The molecule has 6 aliphatic rings. The quantitative estimate of drug-likeness (QED) is 0.353. The molecule has 3 aromatic carbocycles. The Kier molecular flexibility index (Phi) is 5.51. The predicted molar refractivity (Wildman–Crippen MR) is 167 cm³/mol.